The molecule has 0 radical (unpaired) electrons. The van der Waals surface area contributed by atoms with E-state index in [1.54, 1.807) is 36.2 Å². The predicted molar refractivity (Wildman–Crippen MR) is 88.8 cm³/mol. The van der Waals surface area contributed by atoms with Crippen molar-refractivity contribution in [1.29, 1.82) is 0 Å². The van der Waals surface area contributed by atoms with Gasteiger partial charge in [0.15, 0.2) is 0 Å². The number of rotatable bonds is 5. The smallest absolute Gasteiger partial charge is 0.238 e. The monoisotopic (exact) mass is 330 g/mol. The van der Waals surface area contributed by atoms with Gasteiger partial charge in [0, 0.05) is 12.1 Å². The normalized spacial score (nSPS) is 11.1. The lowest BCUT2D eigenvalue weighted by molar-refractivity contribution is -0.117. The molecule has 0 aliphatic carbocycles. The number of carbonyl (C=O) groups excluding carboxylic acids is 1. The zero-order valence-corrected chi connectivity index (χ0v) is 13.3. The molecule has 0 fully saturated rings. The number of likely N-dealkylation sites (N-methyl/N-ethyl adjacent to an activating group) is 1. The van der Waals surface area contributed by atoms with Crippen LogP contribution < -0.4 is 5.32 Å². The largest absolute Gasteiger partial charge is 0.323 e. The summed E-state index contributed by atoms with van der Waals surface area (Å²) in [6, 6.07) is 12.0. The molecule has 0 saturated carbocycles. The first kappa shape index (κ1) is 15.5. The van der Waals surface area contributed by atoms with Crippen LogP contribution in [-0.2, 0) is 11.3 Å². The van der Waals surface area contributed by atoms with Crippen LogP contribution in [0.2, 0.25) is 0 Å². The van der Waals surface area contributed by atoms with E-state index in [2.05, 4.69) is 14.1 Å². The third-order valence-corrected chi connectivity index (χ3v) is 3.91. The van der Waals surface area contributed by atoms with E-state index in [1.165, 1.54) is 6.07 Å². The lowest BCUT2D eigenvalue weighted by Gasteiger charge is -2.16. The van der Waals surface area contributed by atoms with E-state index in [1.807, 2.05) is 12.1 Å². The van der Waals surface area contributed by atoms with Gasteiger partial charge in [0.1, 0.15) is 16.9 Å². The maximum absolute atomic E-state index is 13.6. The van der Waals surface area contributed by atoms with Gasteiger partial charge in [-0.1, -0.05) is 24.3 Å². The van der Waals surface area contributed by atoms with E-state index in [9.17, 15) is 9.18 Å². The van der Waals surface area contributed by atoms with Crippen LogP contribution in [0.15, 0.2) is 42.5 Å². The SMILES string of the molecule is CN(CC(=O)Nc1cccc2nsnc12)Cc1ccccc1F. The molecule has 3 rings (SSSR count). The molecule has 2 aromatic carbocycles. The average molecular weight is 330 g/mol. The summed E-state index contributed by atoms with van der Waals surface area (Å²) in [6.07, 6.45) is 0. The third kappa shape index (κ3) is 3.69. The highest BCUT2D eigenvalue weighted by molar-refractivity contribution is 7.00. The van der Waals surface area contributed by atoms with E-state index in [0.29, 0.717) is 23.3 Å². The number of nitrogens with zero attached hydrogens (tertiary/aromatic N) is 3. The van der Waals surface area contributed by atoms with E-state index < -0.39 is 0 Å². The van der Waals surface area contributed by atoms with Crippen molar-refractivity contribution in [2.45, 2.75) is 6.54 Å². The van der Waals surface area contributed by atoms with Crippen LogP contribution in [0.5, 0.6) is 0 Å². The van der Waals surface area contributed by atoms with Gasteiger partial charge in [-0.2, -0.15) is 8.75 Å². The fraction of sp³-hybridized carbons (Fsp3) is 0.188. The number of halogens is 1. The van der Waals surface area contributed by atoms with Crippen LogP contribution in [0.4, 0.5) is 10.1 Å². The number of nitrogens with one attached hydrogen (secondary N) is 1. The number of hydrogen-bond donors (Lipinski definition) is 1. The molecule has 1 N–H and O–H groups in total. The van der Waals surface area contributed by atoms with Crippen LogP contribution in [0.25, 0.3) is 11.0 Å². The van der Waals surface area contributed by atoms with Crippen molar-refractivity contribution in [2.75, 3.05) is 18.9 Å². The van der Waals surface area contributed by atoms with Gasteiger partial charge in [-0.15, -0.1) is 0 Å². The highest BCUT2D eigenvalue weighted by Crippen LogP contribution is 2.21. The summed E-state index contributed by atoms with van der Waals surface area (Å²) in [6.45, 7) is 0.519. The quantitative estimate of drug-likeness (QED) is 0.781. The van der Waals surface area contributed by atoms with Crippen molar-refractivity contribution < 1.29 is 9.18 Å². The lowest BCUT2D eigenvalue weighted by Crippen LogP contribution is -2.30. The number of aromatic nitrogens is 2. The Morgan fingerprint density at radius 1 is 1.22 bits per heavy atom. The Balaban J connectivity index is 1.63. The summed E-state index contributed by atoms with van der Waals surface area (Å²) < 4.78 is 22.0. The first-order chi connectivity index (χ1) is 11.1. The summed E-state index contributed by atoms with van der Waals surface area (Å²) in [5, 5.41) is 2.83. The van der Waals surface area contributed by atoms with Crippen molar-refractivity contribution in [3.8, 4) is 0 Å². The minimum Gasteiger partial charge on any atom is -0.323 e. The van der Waals surface area contributed by atoms with Gasteiger partial charge >= 0.3 is 0 Å². The van der Waals surface area contributed by atoms with Crippen LogP contribution >= 0.6 is 11.7 Å². The molecule has 0 saturated heterocycles. The molecule has 5 nitrogen and oxygen atoms in total. The minimum atomic E-state index is -0.266. The highest BCUT2D eigenvalue weighted by atomic mass is 32.1. The van der Waals surface area contributed by atoms with Gasteiger partial charge < -0.3 is 5.32 Å². The molecule has 3 aromatic rings. The molecule has 118 valence electrons. The van der Waals surface area contributed by atoms with Gasteiger partial charge in [0.2, 0.25) is 5.91 Å². The molecule has 0 spiro atoms. The summed E-state index contributed by atoms with van der Waals surface area (Å²) in [5.41, 5.74) is 2.64. The minimum absolute atomic E-state index is 0.155. The predicted octanol–water partition coefficient (Wildman–Crippen LogP) is 2.90. The molecule has 1 amide bonds. The number of amides is 1. The van der Waals surface area contributed by atoms with Gasteiger partial charge in [-0.05, 0) is 25.2 Å². The van der Waals surface area contributed by atoms with Crippen molar-refractivity contribution >= 4 is 34.4 Å². The van der Waals surface area contributed by atoms with Crippen molar-refractivity contribution in [2.24, 2.45) is 0 Å². The van der Waals surface area contributed by atoms with E-state index in [-0.39, 0.29) is 18.3 Å². The fourth-order valence-electron chi connectivity index (χ4n) is 2.32. The number of hydrogen-bond acceptors (Lipinski definition) is 5. The zero-order chi connectivity index (χ0) is 16.2. The molecular formula is C16H15FN4OS. The zero-order valence-electron chi connectivity index (χ0n) is 12.5. The lowest BCUT2D eigenvalue weighted by atomic mass is 10.2. The van der Waals surface area contributed by atoms with E-state index in [0.717, 1.165) is 17.2 Å². The van der Waals surface area contributed by atoms with Crippen molar-refractivity contribution in [3.05, 3.63) is 53.8 Å². The first-order valence-corrected chi connectivity index (χ1v) is 7.79. The maximum Gasteiger partial charge on any atom is 0.238 e. The molecule has 0 atom stereocenters. The Kier molecular flexibility index (Phi) is 4.59. The molecule has 7 heteroatoms. The van der Waals surface area contributed by atoms with Crippen LogP contribution in [-0.4, -0.2) is 33.1 Å². The Morgan fingerprint density at radius 2 is 2.04 bits per heavy atom. The average Bonchev–Trinajstić information content (AvgIpc) is 2.99. The first-order valence-electron chi connectivity index (χ1n) is 7.06. The van der Waals surface area contributed by atoms with Gasteiger partial charge in [-0.3, -0.25) is 9.69 Å². The Bertz CT molecular complexity index is 836. The van der Waals surface area contributed by atoms with Crippen LogP contribution in [0.1, 0.15) is 5.56 Å². The van der Waals surface area contributed by atoms with Crippen molar-refractivity contribution in [3.63, 3.8) is 0 Å². The van der Waals surface area contributed by atoms with Crippen LogP contribution in [0, 0.1) is 5.82 Å². The Hall–Kier alpha value is -2.38. The van der Waals surface area contributed by atoms with Gasteiger partial charge in [-0.25, -0.2) is 4.39 Å². The second-order valence-corrected chi connectivity index (χ2v) is 5.78. The Labute approximate surface area is 137 Å². The number of carbonyl (C=O) groups is 1. The molecular weight excluding hydrogens is 315 g/mol. The van der Waals surface area contributed by atoms with Crippen LogP contribution in [0.3, 0.4) is 0 Å². The summed E-state index contributed by atoms with van der Waals surface area (Å²) in [5.74, 6) is -0.442. The third-order valence-electron chi connectivity index (χ3n) is 3.37. The molecule has 0 bridgehead atoms. The molecule has 23 heavy (non-hydrogen) atoms. The summed E-state index contributed by atoms with van der Waals surface area (Å²) >= 11 is 1.11. The van der Waals surface area contributed by atoms with E-state index >= 15 is 0 Å². The maximum atomic E-state index is 13.6. The molecule has 0 aliphatic rings. The second kappa shape index (κ2) is 6.80. The molecule has 1 aromatic heterocycles. The number of benzene rings is 2. The summed E-state index contributed by atoms with van der Waals surface area (Å²) in [4.78, 5) is 13.9. The van der Waals surface area contributed by atoms with Gasteiger partial charge in [0.25, 0.3) is 0 Å². The standard InChI is InChI=1S/C16H15FN4OS/c1-21(9-11-5-2-3-6-12(11)17)10-15(22)18-13-7-4-8-14-16(13)20-23-19-14/h2-8H,9-10H2,1H3,(H,18,22). The molecule has 1 heterocycles. The summed E-state index contributed by atoms with van der Waals surface area (Å²) in [7, 11) is 1.77. The highest BCUT2D eigenvalue weighted by Gasteiger charge is 2.12. The number of anilines is 1. The Morgan fingerprint density at radius 3 is 2.87 bits per heavy atom. The van der Waals surface area contributed by atoms with Gasteiger partial charge in [0.05, 0.1) is 24.0 Å². The second-order valence-electron chi connectivity index (χ2n) is 5.25. The van der Waals surface area contributed by atoms with E-state index in [4.69, 9.17) is 0 Å². The van der Waals surface area contributed by atoms with Crippen molar-refractivity contribution in [1.82, 2.24) is 13.6 Å². The molecule has 0 aliphatic heterocycles. The topological polar surface area (TPSA) is 58.1 Å². The fourth-order valence-corrected chi connectivity index (χ4v) is 2.86. The molecule has 0 unspecified atom stereocenters. The number of fused-ring (bicyclic) bond motifs is 1.